The Morgan fingerprint density at radius 3 is 2.78 bits per heavy atom. The van der Waals surface area contributed by atoms with E-state index in [1.54, 1.807) is 6.07 Å². The molecule has 2 aromatic rings. The number of fused-ring (bicyclic) bond motifs is 1. The maximum absolute atomic E-state index is 13.3. The lowest BCUT2D eigenvalue weighted by molar-refractivity contribution is -0.151. The number of hydrogen-bond donors (Lipinski definition) is 0. The Kier molecular flexibility index (Phi) is 4.66. The van der Waals surface area contributed by atoms with Gasteiger partial charge in [-0.15, -0.1) is 0 Å². The quantitative estimate of drug-likeness (QED) is 0.587. The minimum atomic E-state index is -0.502. The SMILES string of the molecule is C[C@@H](C(=O)OC1c2ccc(F)cc2OCC1Br)c1ccccc1. The lowest BCUT2D eigenvalue weighted by Gasteiger charge is -2.30. The monoisotopic (exact) mass is 378 g/mol. The maximum Gasteiger partial charge on any atom is 0.313 e. The molecule has 0 aromatic heterocycles. The van der Waals surface area contributed by atoms with E-state index in [0.717, 1.165) is 5.56 Å². The third kappa shape index (κ3) is 3.39. The van der Waals surface area contributed by atoms with Crippen molar-refractivity contribution < 1.29 is 18.7 Å². The van der Waals surface area contributed by atoms with E-state index < -0.39 is 6.10 Å². The van der Waals surface area contributed by atoms with Crippen LogP contribution in [-0.4, -0.2) is 17.4 Å². The molecule has 1 aliphatic rings. The Hall–Kier alpha value is -1.88. The molecule has 3 atom stereocenters. The summed E-state index contributed by atoms with van der Waals surface area (Å²) in [6.45, 7) is 2.12. The summed E-state index contributed by atoms with van der Waals surface area (Å²) in [5.74, 6) is -0.643. The van der Waals surface area contributed by atoms with Crippen LogP contribution in [0.15, 0.2) is 48.5 Å². The van der Waals surface area contributed by atoms with Crippen molar-refractivity contribution in [1.29, 1.82) is 0 Å². The Balaban J connectivity index is 1.81. The Morgan fingerprint density at radius 1 is 1.30 bits per heavy atom. The zero-order valence-corrected chi connectivity index (χ0v) is 14.1. The number of halogens is 2. The summed E-state index contributed by atoms with van der Waals surface area (Å²) >= 11 is 3.48. The number of carbonyl (C=O) groups is 1. The van der Waals surface area contributed by atoms with Crippen LogP contribution in [0.1, 0.15) is 30.1 Å². The van der Waals surface area contributed by atoms with Crippen molar-refractivity contribution in [2.75, 3.05) is 6.61 Å². The van der Waals surface area contributed by atoms with Gasteiger partial charge in [-0.05, 0) is 24.6 Å². The second-order valence-electron chi connectivity index (χ2n) is 5.50. The number of carbonyl (C=O) groups excluding carboxylic acids is 1. The Bertz CT molecular complexity index is 705. The number of rotatable bonds is 3. The van der Waals surface area contributed by atoms with E-state index in [9.17, 15) is 9.18 Å². The molecule has 2 unspecified atom stereocenters. The molecule has 5 heteroatoms. The van der Waals surface area contributed by atoms with Crippen LogP contribution < -0.4 is 4.74 Å². The molecule has 0 spiro atoms. The third-order valence-corrected chi connectivity index (χ3v) is 4.65. The number of alkyl halides is 1. The van der Waals surface area contributed by atoms with E-state index in [-0.39, 0.29) is 22.5 Å². The summed E-state index contributed by atoms with van der Waals surface area (Å²) in [5, 5.41) is 0. The number of esters is 1. The van der Waals surface area contributed by atoms with E-state index in [1.807, 2.05) is 37.3 Å². The van der Waals surface area contributed by atoms with Crippen LogP contribution in [0.3, 0.4) is 0 Å². The van der Waals surface area contributed by atoms with Crippen molar-refractivity contribution in [1.82, 2.24) is 0 Å². The first kappa shape index (κ1) is 16.0. The summed E-state index contributed by atoms with van der Waals surface area (Å²) in [6.07, 6.45) is -0.502. The van der Waals surface area contributed by atoms with Crippen LogP contribution in [0.5, 0.6) is 5.75 Å². The highest BCUT2D eigenvalue weighted by Gasteiger charge is 2.34. The predicted octanol–water partition coefficient (Wildman–Crippen LogP) is 4.37. The average Bonchev–Trinajstić information content (AvgIpc) is 2.57. The van der Waals surface area contributed by atoms with E-state index in [0.29, 0.717) is 17.9 Å². The van der Waals surface area contributed by atoms with E-state index in [2.05, 4.69) is 15.9 Å². The first-order valence-corrected chi connectivity index (χ1v) is 8.29. The lowest BCUT2D eigenvalue weighted by Crippen LogP contribution is -2.30. The van der Waals surface area contributed by atoms with Crippen LogP contribution in [0.2, 0.25) is 0 Å². The van der Waals surface area contributed by atoms with Gasteiger partial charge in [0.05, 0.1) is 10.7 Å². The molecule has 0 bridgehead atoms. The summed E-state index contributed by atoms with van der Waals surface area (Å²) in [5.41, 5.74) is 1.57. The summed E-state index contributed by atoms with van der Waals surface area (Å²) < 4.78 is 24.5. The van der Waals surface area contributed by atoms with Crippen LogP contribution in [0.25, 0.3) is 0 Å². The van der Waals surface area contributed by atoms with Gasteiger partial charge in [0.2, 0.25) is 0 Å². The molecule has 0 fully saturated rings. The van der Waals surface area contributed by atoms with Crippen molar-refractivity contribution in [3.05, 3.63) is 65.5 Å². The van der Waals surface area contributed by atoms with Gasteiger partial charge >= 0.3 is 5.97 Å². The molecule has 1 aliphatic heterocycles. The highest BCUT2D eigenvalue weighted by molar-refractivity contribution is 9.09. The first-order valence-electron chi connectivity index (χ1n) is 7.38. The van der Waals surface area contributed by atoms with Crippen LogP contribution in [0.4, 0.5) is 4.39 Å². The smallest absolute Gasteiger partial charge is 0.313 e. The van der Waals surface area contributed by atoms with Gasteiger partial charge in [-0.2, -0.15) is 0 Å². The van der Waals surface area contributed by atoms with E-state index >= 15 is 0 Å². The van der Waals surface area contributed by atoms with Gasteiger partial charge in [0.15, 0.2) is 0 Å². The molecule has 3 nitrogen and oxygen atoms in total. The molecule has 0 saturated heterocycles. The minimum absolute atomic E-state index is 0.174. The van der Waals surface area contributed by atoms with Crippen molar-refractivity contribution in [3.8, 4) is 5.75 Å². The summed E-state index contributed by atoms with van der Waals surface area (Å²) in [7, 11) is 0. The zero-order chi connectivity index (χ0) is 16.4. The Labute approximate surface area is 142 Å². The van der Waals surface area contributed by atoms with Gasteiger partial charge in [0.25, 0.3) is 0 Å². The summed E-state index contributed by atoms with van der Waals surface area (Å²) in [4.78, 5) is 12.3. The van der Waals surface area contributed by atoms with Crippen LogP contribution in [-0.2, 0) is 9.53 Å². The minimum Gasteiger partial charge on any atom is -0.492 e. The van der Waals surface area contributed by atoms with Crippen LogP contribution >= 0.6 is 15.9 Å². The van der Waals surface area contributed by atoms with Gasteiger partial charge in [-0.3, -0.25) is 4.79 Å². The normalized spacial score (nSPS) is 21.0. The molecule has 0 aliphatic carbocycles. The number of hydrogen-bond acceptors (Lipinski definition) is 3. The zero-order valence-electron chi connectivity index (χ0n) is 12.5. The molecule has 0 amide bonds. The fourth-order valence-corrected chi connectivity index (χ4v) is 3.09. The highest BCUT2D eigenvalue weighted by atomic mass is 79.9. The molecule has 0 saturated carbocycles. The lowest BCUT2D eigenvalue weighted by atomic mass is 10.00. The van der Waals surface area contributed by atoms with Crippen molar-refractivity contribution in [3.63, 3.8) is 0 Å². The molecule has 3 rings (SSSR count). The van der Waals surface area contributed by atoms with Gasteiger partial charge in [0, 0.05) is 11.6 Å². The molecule has 1 heterocycles. The van der Waals surface area contributed by atoms with Gasteiger partial charge in [-0.1, -0.05) is 46.3 Å². The van der Waals surface area contributed by atoms with Gasteiger partial charge in [0.1, 0.15) is 24.3 Å². The van der Waals surface area contributed by atoms with Crippen molar-refractivity contribution >= 4 is 21.9 Å². The second kappa shape index (κ2) is 6.71. The average molecular weight is 379 g/mol. The fraction of sp³-hybridized carbons (Fsp3) is 0.278. The summed E-state index contributed by atoms with van der Waals surface area (Å²) in [6, 6.07) is 13.7. The highest BCUT2D eigenvalue weighted by Crippen LogP contribution is 2.39. The fourth-order valence-electron chi connectivity index (χ4n) is 2.56. The molecule has 0 N–H and O–H groups in total. The van der Waals surface area contributed by atoms with E-state index in [4.69, 9.17) is 9.47 Å². The third-order valence-electron chi connectivity index (χ3n) is 3.90. The molecular formula is C18H16BrFO3. The topological polar surface area (TPSA) is 35.5 Å². The molecule has 23 heavy (non-hydrogen) atoms. The largest absolute Gasteiger partial charge is 0.492 e. The number of ether oxygens (including phenoxy) is 2. The van der Waals surface area contributed by atoms with Crippen molar-refractivity contribution in [2.45, 2.75) is 23.8 Å². The standard InChI is InChI=1S/C18H16BrFO3/c1-11(12-5-3-2-4-6-12)18(21)23-17-14-8-7-13(20)9-16(14)22-10-15(17)19/h2-9,11,15,17H,10H2,1H3/t11-,15?,17?/m1/s1. The maximum atomic E-state index is 13.3. The van der Waals surface area contributed by atoms with Crippen LogP contribution in [0, 0.1) is 5.82 Å². The van der Waals surface area contributed by atoms with E-state index in [1.165, 1.54) is 12.1 Å². The molecule has 0 radical (unpaired) electrons. The second-order valence-corrected chi connectivity index (χ2v) is 6.68. The Morgan fingerprint density at radius 2 is 2.04 bits per heavy atom. The van der Waals surface area contributed by atoms with Crippen molar-refractivity contribution in [2.24, 2.45) is 0 Å². The van der Waals surface area contributed by atoms with Gasteiger partial charge < -0.3 is 9.47 Å². The molecular weight excluding hydrogens is 363 g/mol. The molecule has 120 valence electrons. The number of benzene rings is 2. The first-order chi connectivity index (χ1) is 11.1. The predicted molar refractivity (Wildman–Crippen MR) is 88.3 cm³/mol. The van der Waals surface area contributed by atoms with Gasteiger partial charge in [-0.25, -0.2) is 4.39 Å². The molecule has 2 aromatic carbocycles.